The fraction of sp³-hybridized carbons (Fsp3) is 1.00. The van der Waals surface area contributed by atoms with Crippen LogP contribution in [0.1, 0.15) is 12.8 Å². The van der Waals surface area contributed by atoms with Crippen molar-refractivity contribution in [2.24, 2.45) is 0 Å². The van der Waals surface area contributed by atoms with Crippen LogP contribution in [-0.4, -0.2) is 11.5 Å². The van der Waals surface area contributed by atoms with Gasteiger partial charge >= 0.3 is 26.2 Å². The summed E-state index contributed by atoms with van der Waals surface area (Å²) < 4.78 is 0. The van der Waals surface area contributed by atoms with Crippen LogP contribution in [0.25, 0.3) is 0 Å². The van der Waals surface area contributed by atoms with Gasteiger partial charge in [0.05, 0.1) is 0 Å². The van der Waals surface area contributed by atoms with E-state index in [1.165, 1.54) is 24.3 Å². The van der Waals surface area contributed by atoms with Crippen molar-refractivity contribution in [1.82, 2.24) is 0 Å². The van der Waals surface area contributed by atoms with E-state index in [0.717, 1.165) is 0 Å². The molecule has 0 saturated carbocycles. The minimum atomic E-state index is 0. The van der Waals surface area contributed by atoms with E-state index in [-0.39, 0.29) is 26.2 Å². The van der Waals surface area contributed by atoms with Gasteiger partial charge in [0.2, 0.25) is 0 Å². The molecule has 0 aromatic carbocycles. The molecule has 0 aliphatic carbocycles. The second-order valence-corrected chi connectivity index (χ2v) is 2.54. The molecule has 1 rings (SSSR count). The van der Waals surface area contributed by atoms with E-state index in [9.17, 15) is 0 Å². The Morgan fingerprint density at radius 2 is 1.50 bits per heavy atom. The van der Waals surface area contributed by atoms with Gasteiger partial charge < -0.3 is 0 Å². The van der Waals surface area contributed by atoms with Gasteiger partial charge in [0.25, 0.3) is 0 Å². The van der Waals surface area contributed by atoms with Crippen LogP contribution in [0.15, 0.2) is 0 Å². The summed E-state index contributed by atoms with van der Waals surface area (Å²) in [6.07, 6.45) is 2.93. The predicted octanol–water partition coefficient (Wildman–Crippen LogP) is 1.25. The van der Waals surface area contributed by atoms with E-state index in [4.69, 9.17) is 0 Å². The average Bonchev–Trinajstić information content (AvgIpc) is 1.76. The molecule has 1 fully saturated rings. The number of hydrogen-bond donors (Lipinski definition) is 0. The van der Waals surface area contributed by atoms with E-state index in [1.807, 2.05) is 0 Å². The normalized spacial score (nSPS) is 20.0. The summed E-state index contributed by atoms with van der Waals surface area (Å²) in [5, 5.41) is 0. The van der Waals surface area contributed by atoms with Crippen molar-refractivity contribution in [2.45, 2.75) is 12.8 Å². The molecule has 0 spiro atoms. The molecule has 1 aliphatic heterocycles. The molecule has 0 amide bonds. The summed E-state index contributed by atoms with van der Waals surface area (Å²) in [6, 6.07) is 0. The fourth-order valence-corrected chi connectivity index (χ4v) is 1.53. The van der Waals surface area contributed by atoms with Gasteiger partial charge in [-0.05, 0) is 24.3 Å². The molecule has 38 valence electrons. The summed E-state index contributed by atoms with van der Waals surface area (Å²) in [6.45, 7) is 0. The van der Waals surface area contributed by atoms with E-state index >= 15 is 0 Å². The van der Waals surface area contributed by atoms with Gasteiger partial charge in [-0.25, -0.2) is 0 Å². The van der Waals surface area contributed by atoms with Crippen LogP contribution in [0.3, 0.4) is 0 Å². The Morgan fingerprint density at radius 3 is 1.67 bits per heavy atom. The third-order valence-electron chi connectivity index (χ3n) is 0.827. The molecule has 0 bridgehead atoms. The first kappa shape index (κ1) is 7.23. The van der Waals surface area contributed by atoms with Crippen LogP contribution < -0.4 is 0 Å². The molecule has 1 saturated heterocycles. The Hall–Kier alpha value is 1.23. The molecule has 0 aromatic rings. The van der Waals surface area contributed by atoms with Crippen molar-refractivity contribution in [3.8, 4) is 0 Å². The molecule has 0 N–H and O–H groups in total. The molecule has 6 heavy (non-hydrogen) atoms. The van der Waals surface area contributed by atoms with Gasteiger partial charge in [0.1, 0.15) is 0 Å². The Morgan fingerprint density at radius 1 is 1.00 bits per heavy atom. The van der Waals surface area contributed by atoms with Gasteiger partial charge in [-0.2, -0.15) is 11.8 Å². The van der Waals surface area contributed by atoms with Crippen LogP contribution in [0.2, 0.25) is 0 Å². The van der Waals surface area contributed by atoms with Gasteiger partial charge in [-0.1, -0.05) is 0 Å². The standard InChI is InChI=1S/C4H8S.AtH/c1-2-4-5-3-1;/h1-4H2;1H. The summed E-state index contributed by atoms with van der Waals surface area (Å²) >= 11 is 2.07. The fourth-order valence-electron chi connectivity index (χ4n) is 0.510. The van der Waals surface area contributed by atoms with Crippen molar-refractivity contribution in [3.63, 3.8) is 0 Å². The van der Waals surface area contributed by atoms with Crippen molar-refractivity contribution < 1.29 is 26.2 Å². The summed E-state index contributed by atoms with van der Waals surface area (Å²) in [5.74, 6) is 2.83. The second-order valence-electron chi connectivity index (χ2n) is 1.32. The average molecular weight is 299 g/mol. The first-order valence-electron chi connectivity index (χ1n) is 2.08. The van der Waals surface area contributed by atoms with Crippen molar-refractivity contribution >= 4 is 11.8 Å². The van der Waals surface area contributed by atoms with Gasteiger partial charge in [-0.15, -0.1) is 0 Å². The van der Waals surface area contributed by atoms with Crippen molar-refractivity contribution in [1.29, 1.82) is 0 Å². The monoisotopic (exact) mass is 299 g/mol. The Bertz CT molecular complexity index is 19.1. The number of thioether (sulfide) groups is 1. The van der Waals surface area contributed by atoms with Crippen molar-refractivity contribution in [2.75, 3.05) is 11.5 Å². The molecule has 0 atom stereocenters. The quantitative estimate of drug-likeness (QED) is 0.649. The summed E-state index contributed by atoms with van der Waals surface area (Å²) in [7, 11) is 0. The van der Waals surface area contributed by atoms with Crippen LogP contribution >= 0.6 is 11.8 Å². The van der Waals surface area contributed by atoms with E-state index in [1.54, 1.807) is 0 Å². The zero-order chi connectivity index (χ0) is 3.54. The van der Waals surface area contributed by atoms with Crippen molar-refractivity contribution in [3.05, 3.63) is 0 Å². The first-order chi connectivity index (χ1) is 2.50. The Balaban J connectivity index is 0.000000250. The molecule has 1 aliphatic rings. The Labute approximate surface area is 62.2 Å². The number of hydrogen-bond acceptors (Lipinski definition) is 1. The topological polar surface area (TPSA) is 0 Å². The van der Waals surface area contributed by atoms with Crippen LogP contribution in [0.4, 0.5) is 0 Å². The molecular weight excluding hydrogens is 290 g/mol. The van der Waals surface area contributed by atoms with Gasteiger partial charge in [-0.3, -0.25) is 0 Å². The third kappa shape index (κ3) is 2.41. The minimum absolute atomic E-state index is 0. The molecule has 0 unspecified atom stereocenters. The first-order valence-corrected chi connectivity index (χ1v) is 3.23. The van der Waals surface area contributed by atoms with Crippen LogP contribution in [-0.2, 0) is 0 Å². The predicted molar refractivity (Wildman–Crippen MR) is 28.0 cm³/mol. The van der Waals surface area contributed by atoms with E-state index < -0.39 is 0 Å². The van der Waals surface area contributed by atoms with E-state index in [2.05, 4.69) is 11.8 Å². The second kappa shape index (κ2) is 4.39. The Kier molecular flexibility index (Phi) is 5.30. The molecule has 0 aromatic heterocycles. The maximum absolute atomic E-state index is 2.07. The number of rotatable bonds is 0. The van der Waals surface area contributed by atoms with Crippen LogP contribution in [0.5, 0.6) is 0 Å². The van der Waals surface area contributed by atoms with Crippen LogP contribution in [0, 0.1) is 26.2 Å². The zero-order valence-corrected chi connectivity index (χ0v) is 7.64. The molecular formula is C4H9AtS. The third-order valence-corrected chi connectivity index (χ3v) is 1.98. The summed E-state index contributed by atoms with van der Waals surface area (Å²) in [4.78, 5) is 0. The van der Waals surface area contributed by atoms with Gasteiger partial charge in [0.15, 0.2) is 0 Å². The van der Waals surface area contributed by atoms with Gasteiger partial charge in [0, 0.05) is 0 Å². The molecule has 2 heteroatoms. The maximum atomic E-state index is 2.07. The zero-order valence-electron chi connectivity index (χ0n) is 3.64. The summed E-state index contributed by atoms with van der Waals surface area (Å²) in [5.41, 5.74) is 0. The SMILES string of the molecule is C1CCSC1.[AtH]. The molecule has 1 heterocycles. The van der Waals surface area contributed by atoms with E-state index in [0.29, 0.717) is 0 Å². The molecule has 0 radical (unpaired) electrons. The molecule has 0 nitrogen and oxygen atoms in total.